The van der Waals surface area contributed by atoms with Crippen LogP contribution in [0.25, 0.3) is 0 Å². The fraction of sp³-hybridized carbons (Fsp3) is 0.200. The fourth-order valence-corrected chi connectivity index (χ4v) is 2.37. The van der Waals surface area contributed by atoms with E-state index in [1.807, 2.05) is 0 Å². The lowest BCUT2D eigenvalue weighted by atomic mass is 10.3. The van der Waals surface area contributed by atoms with Gasteiger partial charge < -0.3 is 5.73 Å². The number of nitrogens with two attached hydrogens (primary N) is 1. The van der Waals surface area contributed by atoms with Crippen molar-refractivity contribution in [1.82, 2.24) is 0 Å². The maximum absolute atomic E-state index is 12.1. The van der Waals surface area contributed by atoms with Crippen LogP contribution in [0.4, 0.5) is 5.69 Å². The zero-order valence-electron chi connectivity index (χ0n) is 8.19. The van der Waals surface area contributed by atoms with Gasteiger partial charge in [0.25, 0.3) is 0 Å². The average Bonchev–Trinajstić information content (AvgIpc) is 2.17. The molecule has 0 aliphatic carbocycles. The van der Waals surface area contributed by atoms with Crippen LogP contribution in [0.3, 0.4) is 0 Å². The molecule has 0 spiro atoms. The third-order valence-electron chi connectivity index (χ3n) is 1.97. The first-order chi connectivity index (χ1) is 6.50. The Hall–Kier alpha value is -1.29. The number of carbonyl (C=O) groups excluding carboxylic acids is 1. The van der Waals surface area contributed by atoms with Crippen molar-refractivity contribution >= 4 is 25.7 Å². The maximum Gasteiger partial charge on any atom is 0.202 e. The third-order valence-corrected chi connectivity index (χ3v) is 4.43. The molecule has 0 radical (unpaired) electrons. The highest BCUT2D eigenvalue weighted by Crippen LogP contribution is 2.13. The number of hydrogen-bond donors (Lipinski definition) is 1. The zero-order chi connectivity index (χ0) is 10.8. The van der Waals surface area contributed by atoms with Crippen LogP contribution in [0.15, 0.2) is 29.2 Å². The molecule has 0 saturated heterocycles. The molecule has 2 N–H and O–H groups in total. The molecule has 1 aromatic carbocycles. The van der Waals surface area contributed by atoms with Crippen molar-refractivity contribution in [2.75, 3.05) is 5.73 Å². The van der Waals surface area contributed by atoms with Gasteiger partial charge in [-0.1, -0.05) is 0 Å². The fourth-order valence-electron chi connectivity index (χ4n) is 1.06. The van der Waals surface area contributed by atoms with Gasteiger partial charge in [0.2, 0.25) is 5.62 Å². The van der Waals surface area contributed by atoms with E-state index in [4.69, 9.17) is 5.73 Å². The summed E-state index contributed by atoms with van der Waals surface area (Å²) in [5, 5.41) is 0. The lowest BCUT2D eigenvalue weighted by Gasteiger charge is -2.06. The van der Waals surface area contributed by atoms with Gasteiger partial charge in [0.05, 0.1) is 9.52 Å². The van der Waals surface area contributed by atoms with Crippen molar-refractivity contribution in [2.45, 2.75) is 18.7 Å². The van der Waals surface area contributed by atoms with E-state index in [1.54, 1.807) is 38.1 Å². The molecule has 1 atom stereocenters. The second-order valence-corrected chi connectivity index (χ2v) is 5.86. The van der Waals surface area contributed by atoms with Crippen LogP contribution in [0.1, 0.15) is 13.8 Å². The molecule has 76 valence electrons. The quantitative estimate of drug-likeness (QED) is 0.456. The van der Waals surface area contributed by atoms with Crippen molar-refractivity contribution in [2.24, 2.45) is 0 Å². The molecule has 1 rings (SSSR count). The summed E-state index contributed by atoms with van der Waals surface area (Å²) in [7, 11) is -2.66. The Morgan fingerprint density at radius 2 is 1.79 bits per heavy atom. The van der Waals surface area contributed by atoms with Gasteiger partial charge in [-0.05, 0) is 43.0 Å². The minimum atomic E-state index is -2.66. The van der Waals surface area contributed by atoms with Gasteiger partial charge in [0.15, 0.2) is 0 Å². The molecule has 1 unspecified atom stereocenters. The summed E-state index contributed by atoms with van der Waals surface area (Å²) in [6.45, 7) is 3.38. The number of hydrogen-bond acceptors (Lipinski definition) is 3. The van der Waals surface area contributed by atoms with Crippen LogP contribution in [-0.2, 0) is 14.3 Å². The number of rotatable bonds is 2. The van der Waals surface area contributed by atoms with Gasteiger partial charge in [-0.2, -0.15) is 0 Å². The highest BCUT2D eigenvalue weighted by Gasteiger charge is 2.10. The molecule has 0 aliphatic rings. The van der Waals surface area contributed by atoms with Gasteiger partial charge in [-0.3, -0.25) is 9.00 Å². The van der Waals surface area contributed by atoms with Gasteiger partial charge in [-0.15, -0.1) is 0 Å². The Labute approximate surface area is 83.9 Å². The highest BCUT2D eigenvalue weighted by molar-refractivity contribution is 8.13. The van der Waals surface area contributed by atoms with E-state index in [1.165, 1.54) is 0 Å². The smallest absolute Gasteiger partial charge is 0.202 e. The van der Waals surface area contributed by atoms with E-state index >= 15 is 0 Å². The first-order valence-electron chi connectivity index (χ1n) is 4.16. The van der Waals surface area contributed by atoms with E-state index in [0.717, 1.165) is 0 Å². The number of anilines is 1. The average molecular weight is 211 g/mol. The number of nitrogen functional groups attached to an aromatic ring is 1. The van der Waals surface area contributed by atoms with Gasteiger partial charge in [0.1, 0.15) is 0 Å². The number of carbonyl (C=O) groups is 1. The van der Waals surface area contributed by atoms with Gasteiger partial charge in [0, 0.05) is 10.6 Å². The maximum atomic E-state index is 12.1. The first kappa shape index (κ1) is 10.8. The first-order valence-corrected chi connectivity index (χ1v) is 5.78. The van der Waals surface area contributed by atoms with E-state index in [9.17, 15) is 9.00 Å². The van der Waals surface area contributed by atoms with Crippen molar-refractivity contribution in [3.63, 3.8) is 0 Å². The molecule has 1 aromatic rings. The predicted molar refractivity (Wildman–Crippen MR) is 60.4 cm³/mol. The minimum absolute atomic E-state index is 0.508. The molecule has 0 fully saturated rings. The minimum Gasteiger partial charge on any atom is -0.399 e. The SMILES string of the molecule is CC(C)=S(=O)(C=O)c1ccc(N)cc1. The predicted octanol–water partition coefficient (Wildman–Crippen LogP) is 1.31. The Morgan fingerprint density at radius 1 is 1.29 bits per heavy atom. The molecule has 0 amide bonds. The second kappa shape index (κ2) is 3.84. The molecule has 0 heterocycles. The van der Waals surface area contributed by atoms with Crippen LogP contribution < -0.4 is 5.73 Å². The van der Waals surface area contributed by atoms with Crippen LogP contribution in [0.5, 0.6) is 0 Å². The van der Waals surface area contributed by atoms with Crippen LogP contribution in [-0.4, -0.2) is 14.7 Å². The van der Waals surface area contributed by atoms with Gasteiger partial charge in [-0.25, -0.2) is 0 Å². The summed E-state index contributed by atoms with van der Waals surface area (Å²) in [5.74, 6) is 0. The van der Waals surface area contributed by atoms with Crippen molar-refractivity contribution in [1.29, 1.82) is 0 Å². The molecular weight excluding hydrogens is 198 g/mol. The highest BCUT2D eigenvalue weighted by atomic mass is 32.2. The second-order valence-electron chi connectivity index (χ2n) is 3.17. The zero-order valence-corrected chi connectivity index (χ0v) is 9.01. The summed E-state index contributed by atoms with van der Waals surface area (Å²) in [4.78, 5) is 12.0. The van der Waals surface area contributed by atoms with Crippen molar-refractivity contribution in [3.8, 4) is 0 Å². The summed E-state index contributed by atoms with van der Waals surface area (Å²) in [5.41, 5.74) is 6.60. The van der Waals surface area contributed by atoms with E-state index in [0.29, 0.717) is 21.1 Å². The van der Waals surface area contributed by atoms with Crippen LogP contribution in [0, 0.1) is 0 Å². The van der Waals surface area contributed by atoms with E-state index in [2.05, 4.69) is 0 Å². The molecule has 0 aliphatic heterocycles. The topological polar surface area (TPSA) is 60.2 Å². The van der Waals surface area contributed by atoms with Gasteiger partial charge >= 0.3 is 0 Å². The molecule has 14 heavy (non-hydrogen) atoms. The van der Waals surface area contributed by atoms with E-state index < -0.39 is 9.52 Å². The van der Waals surface area contributed by atoms with Crippen LogP contribution >= 0.6 is 0 Å². The Bertz CT molecular complexity index is 450. The summed E-state index contributed by atoms with van der Waals surface area (Å²) in [6, 6.07) is 6.53. The normalized spacial score (nSPS) is 14.4. The molecule has 4 heteroatoms. The van der Waals surface area contributed by atoms with Crippen molar-refractivity contribution in [3.05, 3.63) is 24.3 Å². The molecule has 0 saturated carbocycles. The largest absolute Gasteiger partial charge is 0.399 e. The standard InChI is InChI=1S/C10H13NO2S/c1-8(2)14(13,7-12)10-5-3-9(11)4-6-10/h3-7H,11H2,1-2H3. The molecular formula is C10H13NO2S. The number of benzene rings is 1. The Morgan fingerprint density at radius 3 is 2.14 bits per heavy atom. The molecule has 0 bridgehead atoms. The van der Waals surface area contributed by atoms with Crippen molar-refractivity contribution < 1.29 is 9.00 Å². The third kappa shape index (κ3) is 1.80. The monoisotopic (exact) mass is 211 g/mol. The summed E-state index contributed by atoms with van der Waals surface area (Å²) < 4.78 is 12.1. The molecule has 3 nitrogen and oxygen atoms in total. The Balaban J connectivity index is 3.44. The lowest BCUT2D eigenvalue weighted by molar-refractivity contribution is 0.566. The molecule has 0 aromatic heterocycles. The van der Waals surface area contributed by atoms with E-state index in [-0.39, 0.29) is 0 Å². The summed E-state index contributed by atoms with van der Waals surface area (Å²) in [6.07, 6.45) is 0. The Kier molecular flexibility index (Phi) is 2.96. The lowest BCUT2D eigenvalue weighted by Crippen LogP contribution is -2.10. The van der Waals surface area contributed by atoms with Crippen LogP contribution in [0.2, 0.25) is 0 Å². The summed E-state index contributed by atoms with van der Waals surface area (Å²) >= 11 is 0.